The molecule has 0 radical (unpaired) electrons. The summed E-state index contributed by atoms with van der Waals surface area (Å²) in [5, 5.41) is 14.9. The van der Waals surface area contributed by atoms with E-state index in [1.54, 1.807) is 38.1 Å². The lowest BCUT2D eigenvalue weighted by Crippen LogP contribution is -2.51. The van der Waals surface area contributed by atoms with E-state index >= 15 is 0 Å². The molecule has 178 valence electrons. The molecule has 0 fully saturated rings. The van der Waals surface area contributed by atoms with Gasteiger partial charge in [-0.15, -0.1) is 0 Å². The Bertz CT molecular complexity index is 1050. The zero-order valence-corrected chi connectivity index (χ0v) is 19.4. The largest absolute Gasteiger partial charge is 0.489 e. The van der Waals surface area contributed by atoms with Crippen LogP contribution in [0.2, 0.25) is 0 Å². The molecule has 0 unspecified atom stereocenters. The van der Waals surface area contributed by atoms with Crippen LogP contribution in [-0.2, 0) is 22.7 Å². The zero-order valence-electron chi connectivity index (χ0n) is 19.4. The van der Waals surface area contributed by atoms with E-state index in [1.807, 2.05) is 60.7 Å². The van der Waals surface area contributed by atoms with Gasteiger partial charge in [-0.05, 0) is 42.7 Å². The maximum absolute atomic E-state index is 13.0. The number of hydrogen-bond acceptors (Lipinski definition) is 5. The molecule has 3 rings (SSSR count). The van der Waals surface area contributed by atoms with Crippen LogP contribution in [0.4, 0.5) is 4.79 Å². The zero-order chi connectivity index (χ0) is 24.4. The molecule has 0 bridgehead atoms. The first-order chi connectivity index (χ1) is 16.4. The van der Waals surface area contributed by atoms with Gasteiger partial charge in [0.25, 0.3) is 0 Å². The minimum atomic E-state index is -1.02. The number of hydrogen-bond donors (Lipinski definition) is 3. The number of carbonyl (C=O) groups excluding carboxylic acids is 2. The monoisotopic (exact) mass is 462 g/mol. The van der Waals surface area contributed by atoms with Crippen molar-refractivity contribution in [1.82, 2.24) is 10.6 Å². The van der Waals surface area contributed by atoms with Crippen LogP contribution in [0.1, 0.15) is 36.6 Å². The number of carbonyl (C=O) groups is 2. The fraction of sp³-hybridized carbons (Fsp3) is 0.259. The van der Waals surface area contributed by atoms with Gasteiger partial charge < -0.3 is 25.2 Å². The predicted molar refractivity (Wildman–Crippen MR) is 129 cm³/mol. The van der Waals surface area contributed by atoms with E-state index in [1.165, 1.54) is 0 Å². The fourth-order valence-electron chi connectivity index (χ4n) is 3.13. The molecule has 0 aliphatic carbocycles. The molecule has 0 saturated heterocycles. The summed E-state index contributed by atoms with van der Waals surface area (Å²) in [5.74, 6) is 0.169. The van der Waals surface area contributed by atoms with Gasteiger partial charge in [-0.1, -0.05) is 72.8 Å². The third-order valence-corrected chi connectivity index (χ3v) is 5.06. The van der Waals surface area contributed by atoms with E-state index in [4.69, 9.17) is 9.47 Å². The molecule has 2 amide bonds. The Morgan fingerprint density at radius 1 is 0.853 bits per heavy atom. The quantitative estimate of drug-likeness (QED) is 0.421. The summed E-state index contributed by atoms with van der Waals surface area (Å²) in [6.45, 7) is 3.62. The van der Waals surface area contributed by atoms with E-state index in [-0.39, 0.29) is 13.2 Å². The predicted octanol–water partition coefficient (Wildman–Crippen LogP) is 4.12. The molecule has 34 heavy (non-hydrogen) atoms. The Labute approximate surface area is 199 Å². The summed E-state index contributed by atoms with van der Waals surface area (Å²) in [6.07, 6.45) is -0.727. The minimum Gasteiger partial charge on any atom is -0.489 e. The van der Waals surface area contributed by atoms with Gasteiger partial charge in [0.05, 0.1) is 12.1 Å². The molecule has 0 aromatic heterocycles. The lowest BCUT2D eigenvalue weighted by atomic mass is 10.0. The van der Waals surface area contributed by atoms with Crippen molar-refractivity contribution in [2.75, 3.05) is 6.61 Å². The summed E-state index contributed by atoms with van der Waals surface area (Å²) in [4.78, 5) is 25.5. The van der Waals surface area contributed by atoms with Gasteiger partial charge >= 0.3 is 6.09 Å². The van der Waals surface area contributed by atoms with Crippen LogP contribution in [0.25, 0.3) is 0 Å². The Morgan fingerprint density at radius 3 is 1.97 bits per heavy atom. The van der Waals surface area contributed by atoms with Crippen molar-refractivity contribution < 1.29 is 24.2 Å². The average Bonchev–Trinajstić information content (AvgIpc) is 2.86. The van der Waals surface area contributed by atoms with E-state index in [2.05, 4.69) is 10.6 Å². The van der Waals surface area contributed by atoms with Crippen LogP contribution < -0.4 is 15.4 Å². The summed E-state index contributed by atoms with van der Waals surface area (Å²) in [6, 6.07) is 25.0. The van der Waals surface area contributed by atoms with Gasteiger partial charge in [-0.3, -0.25) is 4.79 Å². The molecule has 0 spiro atoms. The smallest absolute Gasteiger partial charge is 0.408 e. The number of benzene rings is 3. The van der Waals surface area contributed by atoms with Crippen molar-refractivity contribution in [1.29, 1.82) is 0 Å². The van der Waals surface area contributed by atoms with E-state index in [0.29, 0.717) is 17.9 Å². The summed E-state index contributed by atoms with van der Waals surface area (Å²) in [5.41, 5.74) is 1.57. The van der Waals surface area contributed by atoms with Gasteiger partial charge in [0.15, 0.2) is 0 Å². The highest BCUT2D eigenvalue weighted by Crippen LogP contribution is 2.20. The Balaban J connectivity index is 1.69. The second-order valence-corrected chi connectivity index (χ2v) is 8.51. The normalized spacial score (nSPS) is 11.9. The number of rotatable bonds is 10. The van der Waals surface area contributed by atoms with Crippen LogP contribution in [0.3, 0.4) is 0 Å². The molecular formula is C27H30N2O5. The van der Waals surface area contributed by atoms with Crippen molar-refractivity contribution >= 4 is 12.0 Å². The number of nitrogens with one attached hydrogen (secondary N) is 2. The Morgan fingerprint density at radius 2 is 1.41 bits per heavy atom. The topological polar surface area (TPSA) is 96.9 Å². The van der Waals surface area contributed by atoms with Crippen LogP contribution in [0.15, 0.2) is 84.9 Å². The lowest BCUT2D eigenvalue weighted by molar-refractivity contribution is -0.125. The average molecular weight is 463 g/mol. The molecule has 0 heterocycles. The molecule has 0 aliphatic rings. The molecule has 7 heteroatoms. The van der Waals surface area contributed by atoms with Gasteiger partial charge in [-0.25, -0.2) is 4.79 Å². The molecular weight excluding hydrogens is 432 g/mol. The molecule has 0 aliphatic heterocycles. The van der Waals surface area contributed by atoms with Crippen molar-refractivity contribution in [3.8, 4) is 5.75 Å². The third-order valence-electron chi connectivity index (χ3n) is 5.06. The highest BCUT2D eigenvalue weighted by atomic mass is 16.5. The fourth-order valence-corrected chi connectivity index (χ4v) is 3.13. The van der Waals surface area contributed by atoms with Gasteiger partial charge in [-0.2, -0.15) is 0 Å². The summed E-state index contributed by atoms with van der Waals surface area (Å²) >= 11 is 0. The van der Waals surface area contributed by atoms with Crippen molar-refractivity contribution in [3.05, 3.63) is 102 Å². The lowest BCUT2D eigenvalue weighted by Gasteiger charge is -2.27. The Hall–Kier alpha value is -3.84. The van der Waals surface area contributed by atoms with Gasteiger partial charge in [0.1, 0.15) is 25.0 Å². The van der Waals surface area contributed by atoms with Crippen molar-refractivity contribution in [2.45, 2.75) is 38.6 Å². The maximum Gasteiger partial charge on any atom is 0.408 e. The van der Waals surface area contributed by atoms with E-state index < -0.39 is 23.6 Å². The van der Waals surface area contributed by atoms with E-state index in [0.717, 1.165) is 11.1 Å². The summed E-state index contributed by atoms with van der Waals surface area (Å²) < 4.78 is 11.1. The first-order valence-electron chi connectivity index (χ1n) is 11.0. The third kappa shape index (κ3) is 7.64. The minimum absolute atomic E-state index is 0.0788. The standard InChI is InChI=1S/C27H30N2O5/c1-27(2,19-30)29-25(31)24(28-26(32)34-18-21-11-7-4-8-12-21)22-13-15-23(16-14-22)33-17-20-9-5-3-6-10-20/h3-16,24,30H,17-19H2,1-2H3,(H,28,32)(H,29,31)/t24-/m0/s1. The molecule has 3 N–H and O–H groups in total. The highest BCUT2D eigenvalue weighted by Gasteiger charge is 2.28. The molecule has 1 atom stereocenters. The van der Waals surface area contributed by atoms with Crippen LogP contribution >= 0.6 is 0 Å². The number of aliphatic hydroxyl groups excluding tert-OH is 1. The molecule has 7 nitrogen and oxygen atoms in total. The van der Waals surface area contributed by atoms with Gasteiger partial charge in [0.2, 0.25) is 5.91 Å². The Kier molecular flexibility index (Phi) is 8.65. The second kappa shape index (κ2) is 11.9. The van der Waals surface area contributed by atoms with Crippen molar-refractivity contribution in [3.63, 3.8) is 0 Å². The van der Waals surface area contributed by atoms with Crippen molar-refractivity contribution in [2.24, 2.45) is 0 Å². The number of amides is 2. The van der Waals surface area contributed by atoms with Crippen LogP contribution in [-0.4, -0.2) is 29.3 Å². The number of aliphatic hydroxyl groups is 1. The second-order valence-electron chi connectivity index (χ2n) is 8.51. The maximum atomic E-state index is 13.0. The number of ether oxygens (including phenoxy) is 2. The highest BCUT2D eigenvalue weighted by molar-refractivity contribution is 5.87. The number of alkyl carbamates (subject to hydrolysis) is 1. The van der Waals surface area contributed by atoms with Gasteiger partial charge in [0, 0.05) is 0 Å². The van der Waals surface area contributed by atoms with Crippen LogP contribution in [0, 0.1) is 0 Å². The molecule has 3 aromatic carbocycles. The van der Waals surface area contributed by atoms with Crippen LogP contribution in [0.5, 0.6) is 5.75 Å². The molecule has 0 saturated carbocycles. The SMILES string of the molecule is CC(C)(CO)NC(=O)[C@@H](NC(=O)OCc1ccccc1)c1ccc(OCc2ccccc2)cc1. The molecule has 3 aromatic rings. The van der Waals surface area contributed by atoms with E-state index in [9.17, 15) is 14.7 Å². The summed E-state index contributed by atoms with van der Waals surface area (Å²) in [7, 11) is 0. The first-order valence-corrected chi connectivity index (χ1v) is 11.0. The first kappa shape index (κ1) is 24.8.